The van der Waals surface area contributed by atoms with Gasteiger partial charge in [0.05, 0.1) is 5.92 Å². The minimum absolute atomic E-state index is 0.0468. The van der Waals surface area contributed by atoms with Crippen molar-refractivity contribution in [2.75, 3.05) is 11.9 Å². The van der Waals surface area contributed by atoms with Gasteiger partial charge < -0.3 is 10.6 Å². The van der Waals surface area contributed by atoms with Gasteiger partial charge in [-0.3, -0.25) is 4.79 Å². The van der Waals surface area contributed by atoms with E-state index < -0.39 is 0 Å². The van der Waals surface area contributed by atoms with Gasteiger partial charge in [0.25, 0.3) is 0 Å². The van der Waals surface area contributed by atoms with Gasteiger partial charge in [0.1, 0.15) is 0 Å². The van der Waals surface area contributed by atoms with Gasteiger partial charge in [-0.15, -0.1) is 0 Å². The van der Waals surface area contributed by atoms with Gasteiger partial charge in [-0.25, -0.2) is 0 Å². The first-order chi connectivity index (χ1) is 11.9. The molecule has 1 amide bonds. The van der Waals surface area contributed by atoms with Gasteiger partial charge >= 0.3 is 0 Å². The van der Waals surface area contributed by atoms with Crippen LogP contribution < -0.4 is 10.6 Å². The summed E-state index contributed by atoms with van der Waals surface area (Å²) in [5.74, 6) is 0.0570. The van der Waals surface area contributed by atoms with E-state index in [-0.39, 0.29) is 23.3 Å². The summed E-state index contributed by atoms with van der Waals surface area (Å²) in [4.78, 5) is 13.0. The third kappa shape index (κ3) is 4.29. The minimum Gasteiger partial charge on any atom is -0.326 e. The van der Waals surface area contributed by atoms with Crippen molar-refractivity contribution in [3.05, 3.63) is 65.7 Å². The third-order valence-corrected chi connectivity index (χ3v) is 4.95. The monoisotopic (exact) mass is 336 g/mol. The molecular weight excluding hydrogens is 308 g/mol. The van der Waals surface area contributed by atoms with Crippen molar-refractivity contribution >= 4 is 11.6 Å². The predicted octanol–water partition coefficient (Wildman–Crippen LogP) is 4.66. The Labute approximate surface area is 150 Å². The Kier molecular flexibility index (Phi) is 5.24. The van der Waals surface area contributed by atoms with Crippen molar-refractivity contribution in [3.63, 3.8) is 0 Å². The van der Waals surface area contributed by atoms with Crippen molar-refractivity contribution in [3.8, 4) is 0 Å². The van der Waals surface area contributed by atoms with E-state index in [4.69, 9.17) is 0 Å². The van der Waals surface area contributed by atoms with E-state index >= 15 is 0 Å². The van der Waals surface area contributed by atoms with E-state index in [1.54, 1.807) is 0 Å². The third-order valence-electron chi connectivity index (χ3n) is 4.95. The first kappa shape index (κ1) is 17.7. The number of anilines is 1. The molecule has 0 aliphatic carbocycles. The van der Waals surface area contributed by atoms with Crippen molar-refractivity contribution in [1.82, 2.24) is 5.32 Å². The van der Waals surface area contributed by atoms with E-state index in [1.807, 2.05) is 30.3 Å². The molecule has 0 spiro atoms. The van der Waals surface area contributed by atoms with Crippen LogP contribution in [0, 0.1) is 5.92 Å². The summed E-state index contributed by atoms with van der Waals surface area (Å²) < 4.78 is 0. The number of amides is 1. The van der Waals surface area contributed by atoms with Crippen LogP contribution in [0.1, 0.15) is 50.8 Å². The normalized spacial score (nSPS) is 20.9. The van der Waals surface area contributed by atoms with E-state index in [2.05, 4.69) is 55.7 Å². The lowest BCUT2D eigenvalue weighted by Gasteiger charge is -2.32. The maximum Gasteiger partial charge on any atom is 0.229 e. The van der Waals surface area contributed by atoms with Crippen molar-refractivity contribution < 1.29 is 4.79 Å². The molecule has 1 heterocycles. The smallest absolute Gasteiger partial charge is 0.229 e. The number of rotatable bonds is 3. The maximum absolute atomic E-state index is 13.0. The van der Waals surface area contributed by atoms with Crippen LogP contribution in [-0.4, -0.2) is 12.5 Å². The summed E-state index contributed by atoms with van der Waals surface area (Å²) in [7, 11) is 0. The van der Waals surface area contributed by atoms with Gasteiger partial charge in [0.2, 0.25) is 5.91 Å². The molecular formula is C22H28N2O. The molecule has 2 N–H and O–H groups in total. The molecule has 3 rings (SSSR count). The highest BCUT2D eigenvalue weighted by atomic mass is 16.1. The van der Waals surface area contributed by atoms with Crippen molar-refractivity contribution in [2.24, 2.45) is 5.92 Å². The predicted molar refractivity (Wildman–Crippen MR) is 104 cm³/mol. The molecule has 0 unspecified atom stereocenters. The van der Waals surface area contributed by atoms with Crippen LogP contribution >= 0.6 is 0 Å². The van der Waals surface area contributed by atoms with E-state index in [0.717, 1.165) is 25.1 Å². The molecule has 1 fully saturated rings. The topological polar surface area (TPSA) is 41.1 Å². The molecule has 2 aromatic carbocycles. The fourth-order valence-electron chi connectivity index (χ4n) is 3.48. The fourth-order valence-corrected chi connectivity index (χ4v) is 3.48. The molecule has 1 aliphatic heterocycles. The number of hydrogen-bond acceptors (Lipinski definition) is 2. The van der Waals surface area contributed by atoms with Crippen molar-refractivity contribution in [2.45, 2.75) is 45.1 Å². The second kappa shape index (κ2) is 7.40. The van der Waals surface area contributed by atoms with Gasteiger partial charge in [0, 0.05) is 11.7 Å². The largest absolute Gasteiger partial charge is 0.326 e. The molecule has 1 aliphatic rings. The van der Waals surface area contributed by atoms with Crippen LogP contribution in [0.25, 0.3) is 0 Å². The van der Waals surface area contributed by atoms with Crippen LogP contribution in [-0.2, 0) is 10.2 Å². The molecule has 0 aromatic heterocycles. The highest BCUT2D eigenvalue weighted by molar-refractivity contribution is 5.93. The Balaban J connectivity index is 1.77. The zero-order valence-electron chi connectivity index (χ0n) is 15.4. The highest BCUT2D eigenvalue weighted by Gasteiger charge is 2.31. The van der Waals surface area contributed by atoms with Crippen LogP contribution in [0.4, 0.5) is 5.69 Å². The lowest BCUT2D eigenvalue weighted by molar-refractivity contribution is -0.121. The standard InChI is InChI=1S/C22H28N2O/c1-22(2,3)17-11-7-12-18(15-17)24-21(25)19-13-8-14-23-20(19)16-9-5-4-6-10-16/h4-7,9-12,15,19-20,23H,8,13-14H2,1-3H3,(H,24,25)/t19-,20-/m0/s1. The quantitative estimate of drug-likeness (QED) is 0.855. The SMILES string of the molecule is CC(C)(C)c1cccc(NC(=O)[C@H]2CCCN[C@H]2c2ccccc2)c1. The van der Waals surface area contributed by atoms with Crippen LogP contribution in [0.3, 0.4) is 0 Å². The maximum atomic E-state index is 13.0. The summed E-state index contributed by atoms with van der Waals surface area (Å²) in [5, 5.41) is 6.67. The Morgan fingerprint density at radius 3 is 2.56 bits per heavy atom. The summed E-state index contributed by atoms with van der Waals surface area (Å²) in [6.07, 6.45) is 1.95. The fraction of sp³-hybridized carbons (Fsp3) is 0.409. The number of piperidine rings is 1. The average Bonchev–Trinajstić information content (AvgIpc) is 2.62. The van der Waals surface area contributed by atoms with Gasteiger partial charge in [-0.1, -0.05) is 63.2 Å². The molecule has 1 saturated heterocycles. The summed E-state index contributed by atoms with van der Waals surface area (Å²) in [6, 6.07) is 18.6. The molecule has 2 atom stereocenters. The van der Waals surface area contributed by atoms with Crippen LogP contribution in [0.15, 0.2) is 54.6 Å². The van der Waals surface area contributed by atoms with Gasteiger partial charge in [-0.05, 0) is 48.1 Å². The molecule has 25 heavy (non-hydrogen) atoms. The van der Waals surface area contributed by atoms with E-state index in [0.29, 0.717) is 0 Å². The first-order valence-electron chi connectivity index (χ1n) is 9.15. The molecule has 3 heteroatoms. The molecule has 3 nitrogen and oxygen atoms in total. The molecule has 0 radical (unpaired) electrons. The summed E-state index contributed by atoms with van der Waals surface area (Å²) in [5.41, 5.74) is 3.37. The molecule has 132 valence electrons. The minimum atomic E-state index is -0.0468. The molecule has 2 aromatic rings. The average molecular weight is 336 g/mol. The highest BCUT2D eigenvalue weighted by Crippen LogP contribution is 2.31. The number of carbonyl (C=O) groups is 1. The first-order valence-corrected chi connectivity index (χ1v) is 9.15. The Morgan fingerprint density at radius 2 is 1.84 bits per heavy atom. The number of benzene rings is 2. The zero-order valence-corrected chi connectivity index (χ0v) is 15.4. The number of carbonyl (C=O) groups excluding carboxylic acids is 1. The second-order valence-electron chi connectivity index (χ2n) is 7.91. The van der Waals surface area contributed by atoms with Gasteiger partial charge in [0.15, 0.2) is 0 Å². The number of hydrogen-bond donors (Lipinski definition) is 2. The van der Waals surface area contributed by atoms with E-state index in [1.165, 1.54) is 11.1 Å². The Hall–Kier alpha value is -2.13. The molecule has 0 bridgehead atoms. The molecule has 0 saturated carbocycles. The summed E-state index contributed by atoms with van der Waals surface area (Å²) >= 11 is 0. The van der Waals surface area contributed by atoms with Gasteiger partial charge in [-0.2, -0.15) is 0 Å². The van der Waals surface area contributed by atoms with Crippen molar-refractivity contribution in [1.29, 1.82) is 0 Å². The Morgan fingerprint density at radius 1 is 1.08 bits per heavy atom. The zero-order chi connectivity index (χ0) is 17.9. The number of nitrogens with one attached hydrogen (secondary N) is 2. The lowest BCUT2D eigenvalue weighted by atomic mass is 9.85. The Bertz CT molecular complexity index is 718. The summed E-state index contributed by atoms with van der Waals surface area (Å²) in [6.45, 7) is 7.52. The second-order valence-corrected chi connectivity index (χ2v) is 7.91. The lowest BCUT2D eigenvalue weighted by Crippen LogP contribution is -2.40. The van der Waals surface area contributed by atoms with E-state index in [9.17, 15) is 4.79 Å². The van der Waals surface area contributed by atoms with Crippen LogP contribution in [0.5, 0.6) is 0 Å². The van der Waals surface area contributed by atoms with Crippen LogP contribution in [0.2, 0.25) is 0 Å².